The largest absolute Gasteiger partial charge is 0.456 e. The van der Waals surface area contributed by atoms with Gasteiger partial charge in [0.05, 0.1) is 0 Å². The second-order valence-corrected chi connectivity index (χ2v) is 13.8. The van der Waals surface area contributed by atoms with E-state index in [-0.39, 0.29) is 0 Å². The van der Waals surface area contributed by atoms with Crippen molar-refractivity contribution in [3.63, 3.8) is 0 Å². The van der Waals surface area contributed by atoms with Gasteiger partial charge in [0, 0.05) is 28.0 Å². The van der Waals surface area contributed by atoms with Crippen LogP contribution < -0.4 is 4.90 Å². The molecule has 254 valence electrons. The monoisotopic (exact) mass is 689 g/mol. The van der Waals surface area contributed by atoms with Crippen molar-refractivity contribution in [3.8, 4) is 44.7 Å². The number of nitrogens with zero attached hydrogens (tertiary/aromatic N) is 1. The maximum absolute atomic E-state index is 6.15. The van der Waals surface area contributed by atoms with Crippen LogP contribution in [-0.4, -0.2) is 0 Å². The number of benzene rings is 9. The molecule has 0 unspecified atom stereocenters. The van der Waals surface area contributed by atoms with Gasteiger partial charge in [0.25, 0.3) is 0 Å². The zero-order chi connectivity index (χ0) is 35.8. The molecule has 0 atom stereocenters. The van der Waals surface area contributed by atoms with E-state index in [4.69, 9.17) is 4.42 Å². The summed E-state index contributed by atoms with van der Waals surface area (Å²) in [4.78, 5) is 2.32. The normalized spacial score (nSPS) is 11.3. The van der Waals surface area contributed by atoms with Gasteiger partial charge in [-0.15, -0.1) is 0 Å². The van der Waals surface area contributed by atoms with Gasteiger partial charge in [-0.1, -0.05) is 152 Å². The fourth-order valence-corrected chi connectivity index (χ4v) is 7.65. The number of hydrogen-bond donors (Lipinski definition) is 0. The number of rotatable bonds is 7. The molecule has 0 N–H and O–H groups in total. The Hall–Kier alpha value is -7.16. The molecule has 0 fully saturated rings. The standard InChI is InChI=1S/C52H35NO/c1-2-13-46(14-3-1)53(48-30-25-39(26-31-48)42-27-32-50-43(33-42)22-21-40-9-4-6-15-49(40)50)47-28-23-37(24-29-47)36-17-19-38(20-18-36)41-11-8-12-44(34-41)52-35-45-10-5-7-16-51(45)54-52/h1-35H. The molecular weight excluding hydrogens is 655 g/mol. The Morgan fingerprint density at radius 1 is 0.278 bits per heavy atom. The van der Waals surface area contributed by atoms with Gasteiger partial charge < -0.3 is 9.32 Å². The number of anilines is 3. The molecule has 54 heavy (non-hydrogen) atoms. The fourth-order valence-electron chi connectivity index (χ4n) is 7.65. The molecule has 0 aliphatic carbocycles. The third-order valence-corrected chi connectivity index (χ3v) is 10.5. The SMILES string of the molecule is c1ccc(N(c2ccc(-c3ccc(-c4cccc(-c5cc6ccccc6o5)c4)cc3)cc2)c2ccc(-c3ccc4c(ccc5ccccc54)c3)cc2)cc1. The average Bonchev–Trinajstić information content (AvgIpc) is 3.69. The molecule has 0 saturated heterocycles. The Bertz CT molecular complexity index is 2870. The van der Waals surface area contributed by atoms with Crippen molar-refractivity contribution in [2.45, 2.75) is 0 Å². The van der Waals surface area contributed by atoms with Crippen molar-refractivity contribution in [3.05, 3.63) is 212 Å². The number of fused-ring (bicyclic) bond motifs is 4. The van der Waals surface area contributed by atoms with Crippen LogP contribution in [0.3, 0.4) is 0 Å². The molecule has 1 heterocycles. The quantitative estimate of drug-likeness (QED) is 0.155. The van der Waals surface area contributed by atoms with E-state index in [9.17, 15) is 0 Å². The van der Waals surface area contributed by atoms with Crippen LogP contribution in [0, 0.1) is 0 Å². The van der Waals surface area contributed by atoms with Gasteiger partial charge in [0.1, 0.15) is 11.3 Å². The van der Waals surface area contributed by atoms with Crippen molar-refractivity contribution in [1.82, 2.24) is 0 Å². The Kier molecular flexibility index (Phi) is 7.85. The smallest absolute Gasteiger partial charge is 0.135 e. The lowest BCUT2D eigenvalue weighted by atomic mass is 9.97. The molecule has 9 aromatic carbocycles. The van der Waals surface area contributed by atoms with E-state index in [0.29, 0.717) is 0 Å². The first-order valence-electron chi connectivity index (χ1n) is 18.4. The van der Waals surface area contributed by atoms with Crippen LogP contribution in [0.2, 0.25) is 0 Å². The maximum atomic E-state index is 6.15. The van der Waals surface area contributed by atoms with Crippen LogP contribution in [0.25, 0.3) is 77.2 Å². The highest BCUT2D eigenvalue weighted by molar-refractivity contribution is 6.08. The number of furan rings is 1. The summed E-state index contributed by atoms with van der Waals surface area (Å²) in [6.45, 7) is 0. The van der Waals surface area contributed by atoms with Gasteiger partial charge in [-0.3, -0.25) is 0 Å². The van der Waals surface area contributed by atoms with Gasteiger partial charge in [-0.25, -0.2) is 0 Å². The van der Waals surface area contributed by atoms with E-state index in [1.54, 1.807) is 0 Å². The van der Waals surface area contributed by atoms with Gasteiger partial charge in [0.2, 0.25) is 0 Å². The summed E-state index contributed by atoms with van der Waals surface area (Å²) in [6.07, 6.45) is 0. The molecule has 0 spiro atoms. The van der Waals surface area contributed by atoms with Gasteiger partial charge >= 0.3 is 0 Å². The molecular formula is C52H35NO. The molecule has 0 aliphatic heterocycles. The average molecular weight is 690 g/mol. The molecule has 10 aromatic rings. The van der Waals surface area contributed by atoms with Crippen molar-refractivity contribution in [2.24, 2.45) is 0 Å². The minimum absolute atomic E-state index is 0.883. The molecule has 2 nitrogen and oxygen atoms in total. The van der Waals surface area contributed by atoms with E-state index in [0.717, 1.165) is 44.9 Å². The molecule has 2 heteroatoms. The topological polar surface area (TPSA) is 16.4 Å². The molecule has 0 amide bonds. The molecule has 0 radical (unpaired) electrons. The summed E-state index contributed by atoms with van der Waals surface area (Å²) < 4.78 is 6.15. The number of hydrogen-bond acceptors (Lipinski definition) is 2. The highest BCUT2D eigenvalue weighted by atomic mass is 16.3. The third-order valence-electron chi connectivity index (χ3n) is 10.5. The summed E-state index contributed by atoms with van der Waals surface area (Å²) in [5.41, 5.74) is 12.4. The molecule has 0 saturated carbocycles. The molecule has 1 aromatic heterocycles. The zero-order valence-corrected chi connectivity index (χ0v) is 29.6. The summed E-state index contributed by atoms with van der Waals surface area (Å²) >= 11 is 0. The van der Waals surface area contributed by atoms with Crippen LogP contribution >= 0.6 is 0 Å². The Morgan fingerprint density at radius 3 is 1.48 bits per heavy atom. The highest BCUT2D eigenvalue weighted by Gasteiger charge is 2.14. The van der Waals surface area contributed by atoms with Crippen molar-refractivity contribution in [1.29, 1.82) is 0 Å². The van der Waals surface area contributed by atoms with E-state index in [1.807, 2.05) is 18.2 Å². The first-order chi connectivity index (χ1) is 26.7. The summed E-state index contributed by atoms with van der Waals surface area (Å²) in [7, 11) is 0. The molecule has 0 bridgehead atoms. The van der Waals surface area contributed by atoms with E-state index < -0.39 is 0 Å². The first-order valence-corrected chi connectivity index (χ1v) is 18.4. The predicted octanol–water partition coefficient (Wildman–Crippen LogP) is 14.9. The second-order valence-electron chi connectivity index (χ2n) is 13.8. The van der Waals surface area contributed by atoms with Crippen LogP contribution in [0.5, 0.6) is 0 Å². The maximum Gasteiger partial charge on any atom is 0.135 e. The van der Waals surface area contributed by atoms with Gasteiger partial charge in [-0.2, -0.15) is 0 Å². The fraction of sp³-hybridized carbons (Fsp3) is 0. The minimum Gasteiger partial charge on any atom is -0.456 e. The van der Waals surface area contributed by atoms with Crippen molar-refractivity contribution >= 4 is 49.6 Å². The van der Waals surface area contributed by atoms with Crippen molar-refractivity contribution in [2.75, 3.05) is 4.90 Å². The van der Waals surface area contributed by atoms with Crippen LogP contribution in [0.1, 0.15) is 0 Å². The van der Waals surface area contributed by atoms with Crippen LogP contribution in [0.15, 0.2) is 217 Å². The Morgan fingerprint density at radius 2 is 0.778 bits per heavy atom. The Labute approximate surface area is 314 Å². The van der Waals surface area contributed by atoms with E-state index in [1.165, 1.54) is 49.4 Å². The summed E-state index contributed by atoms with van der Waals surface area (Å²) in [5, 5.41) is 6.22. The lowest BCUT2D eigenvalue weighted by Gasteiger charge is -2.26. The predicted molar refractivity (Wildman–Crippen MR) is 228 cm³/mol. The van der Waals surface area contributed by atoms with E-state index in [2.05, 4.69) is 199 Å². The van der Waals surface area contributed by atoms with Crippen molar-refractivity contribution < 1.29 is 4.42 Å². The Balaban J connectivity index is 0.913. The summed E-state index contributed by atoms with van der Waals surface area (Å²) in [6, 6.07) is 75.9. The highest BCUT2D eigenvalue weighted by Crippen LogP contribution is 2.38. The van der Waals surface area contributed by atoms with Crippen LogP contribution in [0.4, 0.5) is 17.1 Å². The lowest BCUT2D eigenvalue weighted by Crippen LogP contribution is -2.09. The summed E-state index contributed by atoms with van der Waals surface area (Å²) in [5.74, 6) is 0.883. The molecule has 10 rings (SSSR count). The van der Waals surface area contributed by atoms with E-state index >= 15 is 0 Å². The minimum atomic E-state index is 0.883. The molecule has 0 aliphatic rings. The third kappa shape index (κ3) is 5.90. The first kappa shape index (κ1) is 31.6. The van der Waals surface area contributed by atoms with Gasteiger partial charge in [0.15, 0.2) is 0 Å². The second kappa shape index (κ2) is 13.4. The zero-order valence-electron chi connectivity index (χ0n) is 29.6. The lowest BCUT2D eigenvalue weighted by molar-refractivity contribution is 0.631. The van der Waals surface area contributed by atoms with Crippen LogP contribution in [-0.2, 0) is 0 Å². The van der Waals surface area contributed by atoms with Gasteiger partial charge in [-0.05, 0) is 116 Å². The number of para-hydroxylation sites is 2.